The van der Waals surface area contributed by atoms with Gasteiger partial charge in [0.2, 0.25) is 0 Å². The number of carbonyl (C=O) groups excluding carboxylic acids is 1. The van der Waals surface area contributed by atoms with Gasteiger partial charge < -0.3 is 9.84 Å². The first-order valence-corrected chi connectivity index (χ1v) is 4.65. The van der Waals surface area contributed by atoms with Crippen molar-refractivity contribution in [2.75, 3.05) is 6.61 Å². The number of hydrogen-bond donors (Lipinski definition) is 1. The molecule has 0 fully saturated rings. The lowest BCUT2D eigenvalue weighted by Crippen LogP contribution is -2.10. The molecule has 0 aliphatic rings. The van der Waals surface area contributed by atoms with E-state index in [1.54, 1.807) is 13.0 Å². The molecule has 0 radical (unpaired) electrons. The Hall–Kier alpha value is -1.93. The Balaban J connectivity index is 3.25. The summed E-state index contributed by atoms with van der Waals surface area (Å²) < 4.78 is 18.3. The van der Waals surface area contributed by atoms with Gasteiger partial charge in [0.05, 0.1) is 30.4 Å². The van der Waals surface area contributed by atoms with E-state index in [-0.39, 0.29) is 23.3 Å². The van der Waals surface area contributed by atoms with Crippen molar-refractivity contribution in [2.24, 2.45) is 0 Å². The number of aliphatic hydroxyl groups excluding tert-OH is 1. The molecular formula is C11H10FNO3. The standard InChI is InChI=1S/C11H10FNO3/c1-2-16-11(15)8-4-3-7(5-13)9(6-14)10(8)12/h3-4,14H,2,6H2,1H3. The average Bonchev–Trinajstić information content (AvgIpc) is 2.28. The fourth-order valence-electron chi connectivity index (χ4n) is 1.25. The van der Waals surface area contributed by atoms with Crippen LogP contribution in [0, 0.1) is 17.1 Å². The summed E-state index contributed by atoms with van der Waals surface area (Å²) in [4.78, 5) is 11.3. The van der Waals surface area contributed by atoms with Crippen LogP contribution in [0.3, 0.4) is 0 Å². The van der Waals surface area contributed by atoms with Gasteiger partial charge in [-0.05, 0) is 19.1 Å². The van der Waals surface area contributed by atoms with E-state index in [1.807, 2.05) is 0 Å². The van der Waals surface area contributed by atoms with Gasteiger partial charge in [-0.1, -0.05) is 0 Å². The maximum absolute atomic E-state index is 13.7. The maximum atomic E-state index is 13.7. The number of nitriles is 1. The molecule has 1 aromatic rings. The van der Waals surface area contributed by atoms with Crippen molar-refractivity contribution >= 4 is 5.97 Å². The van der Waals surface area contributed by atoms with Crippen LogP contribution >= 0.6 is 0 Å². The Labute approximate surface area is 91.9 Å². The molecular weight excluding hydrogens is 213 g/mol. The molecule has 0 unspecified atom stereocenters. The smallest absolute Gasteiger partial charge is 0.341 e. The normalized spacial score (nSPS) is 9.62. The Morgan fingerprint density at radius 3 is 2.81 bits per heavy atom. The summed E-state index contributed by atoms with van der Waals surface area (Å²) in [6.07, 6.45) is 0. The molecule has 0 atom stereocenters. The van der Waals surface area contributed by atoms with Crippen molar-refractivity contribution in [1.29, 1.82) is 5.26 Å². The molecule has 0 bridgehead atoms. The van der Waals surface area contributed by atoms with E-state index in [0.717, 1.165) is 0 Å². The minimum absolute atomic E-state index is 0.00745. The van der Waals surface area contributed by atoms with E-state index in [1.165, 1.54) is 12.1 Å². The van der Waals surface area contributed by atoms with Crippen LogP contribution in [0.2, 0.25) is 0 Å². The van der Waals surface area contributed by atoms with Gasteiger partial charge >= 0.3 is 5.97 Å². The first-order valence-electron chi connectivity index (χ1n) is 4.65. The second-order valence-corrected chi connectivity index (χ2v) is 2.94. The van der Waals surface area contributed by atoms with Gasteiger partial charge in [0, 0.05) is 5.56 Å². The Bertz CT molecular complexity index is 451. The second-order valence-electron chi connectivity index (χ2n) is 2.94. The fourth-order valence-corrected chi connectivity index (χ4v) is 1.25. The quantitative estimate of drug-likeness (QED) is 0.785. The van der Waals surface area contributed by atoms with E-state index >= 15 is 0 Å². The van der Waals surface area contributed by atoms with E-state index < -0.39 is 18.4 Å². The summed E-state index contributed by atoms with van der Waals surface area (Å²) >= 11 is 0. The highest BCUT2D eigenvalue weighted by atomic mass is 19.1. The maximum Gasteiger partial charge on any atom is 0.341 e. The third kappa shape index (κ3) is 2.18. The lowest BCUT2D eigenvalue weighted by Gasteiger charge is -2.07. The molecule has 0 aliphatic heterocycles. The molecule has 1 N–H and O–H groups in total. The number of nitrogens with zero attached hydrogens (tertiary/aromatic N) is 1. The molecule has 16 heavy (non-hydrogen) atoms. The number of rotatable bonds is 3. The number of halogens is 1. The van der Waals surface area contributed by atoms with E-state index in [2.05, 4.69) is 4.74 Å². The molecule has 0 aliphatic carbocycles. The third-order valence-corrected chi connectivity index (χ3v) is 2.02. The lowest BCUT2D eigenvalue weighted by atomic mass is 10.0. The molecule has 1 rings (SSSR count). The highest BCUT2D eigenvalue weighted by molar-refractivity contribution is 5.90. The van der Waals surface area contributed by atoms with Gasteiger partial charge in [0.1, 0.15) is 5.82 Å². The van der Waals surface area contributed by atoms with Crippen molar-refractivity contribution in [1.82, 2.24) is 0 Å². The summed E-state index contributed by atoms with van der Waals surface area (Å²) in [7, 11) is 0. The zero-order valence-electron chi connectivity index (χ0n) is 8.66. The van der Waals surface area contributed by atoms with Gasteiger partial charge in [-0.3, -0.25) is 0 Å². The van der Waals surface area contributed by atoms with Gasteiger partial charge in [-0.15, -0.1) is 0 Å². The third-order valence-electron chi connectivity index (χ3n) is 2.02. The fraction of sp³-hybridized carbons (Fsp3) is 0.273. The molecule has 1 aromatic carbocycles. The largest absolute Gasteiger partial charge is 0.462 e. The predicted molar refractivity (Wildman–Crippen MR) is 53.0 cm³/mol. The first-order chi connectivity index (χ1) is 7.65. The minimum Gasteiger partial charge on any atom is -0.462 e. The number of ether oxygens (including phenoxy) is 1. The van der Waals surface area contributed by atoms with Gasteiger partial charge in [-0.2, -0.15) is 5.26 Å². The topological polar surface area (TPSA) is 70.3 Å². The Kier molecular flexibility index (Phi) is 3.97. The molecule has 0 heterocycles. The van der Waals surface area contributed by atoms with E-state index in [4.69, 9.17) is 10.4 Å². The summed E-state index contributed by atoms with van der Waals surface area (Å²) in [5.74, 6) is -1.71. The monoisotopic (exact) mass is 223 g/mol. The molecule has 0 saturated carbocycles. The summed E-state index contributed by atoms with van der Waals surface area (Å²) in [6.45, 7) is 1.10. The average molecular weight is 223 g/mol. The zero-order valence-corrected chi connectivity index (χ0v) is 8.66. The van der Waals surface area contributed by atoms with Crippen molar-refractivity contribution in [3.63, 3.8) is 0 Å². The number of carbonyl (C=O) groups is 1. The minimum atomic E-state index is -0.903. The SMILES string of the molecule is CCOC(=O)c1ccc(C#N)c(CO)c1F. The molecule has 0 aromatic heterocycles. The molecule has 5 heteroatoms. The van der Waals surface area contributed by atoms with E-state index in [0.29, 0.717) is 0 Å². The van der Waals surface area contributed by atoms with Crippen LogP contribution in [0.4, 0.5) is 4.39 Å². The number of esters is 1. The number of hydrogen-bond acceptors (Lipinski definition) is 4. The summed E-state index contributed by atoms with van der Waals surface area (Å²) in [6, 6.07) is 4.18. The lowest BCUT2D eigenvalue weighted by molar-refractivity contribution is 0.0520. The number of aliphatic hydroxyl groups is 1. The van der Waals surface area contributed by atoms with Crippen LogP contribution in [0.25, 0.3) is 0 Å². The molecule has 0 spiro atoms. The van der Waals surface area contributed by atoms with Gasteiger partial charge in [0.25, 0.3) is 0 Å². The van der Waals surface area contributed by atoms with Crippen LogP contribution < -0.4 is 0 Å². The van der Waals surface area contributed by atoms with Crippen molar-refractivity contribution in [3.8, 4) is 6.07 Å². The molecule has 0 saturated heterocycles. The summed E-state index contributed by atoms with van der Waals surface area (Å²) in [5.41, 5.74) is -0.453. The molecule has 4 nitrogen and oxygen atoms in total. The highest BCUT2D eigenvalue weighted by Crippen LogP contribution is 2.18. The number of benzene rings is 1. The van der Waals surface area contributed by atoms with Crippen molar-refractivity contribution in [2.45, 2.75) is 13.5 Å². The van der Waals surface area contributed by atoms with Gasteiger partial charge in [-0.25, -0.2) is 9.18 Å². The first kappa shape index (κ1) is 12.1. The van der Waals surface area contributed by atoms with Crippen LogP contribution in [0.5, 0.6) is 0 Å². The highest BCUT2D eigenvalue weighted by Gasteiger charge is 2.18. The Morgan fingerprint density at radius 1 is 1.62 bits per heavy atom. The van der Waals surface area contributed by atoms with Gasteiger partial charge in [0.15, 0.2) is 0 Å². The Morgan fingerprint density at radius 2 is 2.31 bits per heavy atom. The van der Waals surface area contributed by atoms with Crippen LogP contribution in [-0.4, -0.2) is 17.7 Å². The van der Waals surface area contributed by atoms with Crippen LogP contribution in [0.1, 0.15) is 28.4 Å². The summed E-state index contributed by atoms with van der Waals surface area (Å²) in [5, 5.41) is 17.6. The van der Waals surface area contributed by atoms with Crippen LogP contribution in [-0.2, 0) is 11.3 Å². The molecule has 84 valence electrons. The zero-order chi connectivity index (χ0) is 12.1. The molecule has 0 amide bonds. The van der Waals surface area contributed by atoms with Crippen LogP contribution in [0.15, 0.2) is 12.1 Å². The van der Waals surface area contributed by atoms with Crippen molar-refractivity contribution in [3.05, 3.63) is 34.6 Å². The predicted octanol–water partition coefficient (Wildman–Crippen LogP) is 1.37. The van der Waals surface area contributed by atoms with E-state index in [9.17, 15) is 9.18 Å². The van der Waals surface area contributed by atoms with Crippen molar-refractivity contribution < 1.29 is 19.0 Å². The second kappa shape index (κ2) is 5.24.